The maximum Gasteiger partial charge on any atom is 0.222 e. The third-order valence-corrected chi connectivity index (χ3v) is 4.53. The molecule has 0 bridgehead atoms. The summed E-state index contributed by atoms with van der Waals surface area (Å²) in [4.78, 5) is 14.3. The molecule has 1 fully saturated rings. The number of carbonyl (C=O) groups excluding carboxylic acids is 1. The molecule has 122 valence electrons. The largest absolute Gasteiger partial charge is 0.493 e. The van der Waals surface area contributed by atoms with Crippen molar-refractivity contribution in [2.45, 2.75) is 33.6 Å². The first-order valence-corrected chi connectivity index (χ1v) is 8.32. The van der Waals surface area contributed by atoms with Gasteiger partial charge in [-0.25, -0.2) is 0 Å². The van der Waals surface area contributed by atoms with E-state index in [2.05, 4.69) is 5.32 Å². The first-order chi connectivity index (χ1) is 10.5. The number of piperazine rings is 1. The molecule has 1 N–H and O–H groups in total. The number of nitrogens with zero attached hydrogens (tertiary/aromatic N) is 1. The topological polar surface area (TPSA) is 41.6 Å². The summed E-state index contributed by atoms with van der Waals surface area (Å²) >= 11 is 6.30. The molecular formula is C17H25ClN2O2. The molecule has 0 radical (unpaired) electrons. The minimum atomic E-state index is 0.209. The molecule has 22 heavy (non-hydrogen) atoms. The van der Waals surface area contributed by atoms with Gasteiger partial charge in [-0.3, -0.25) is 4.79 Å². The third kappa shape index (κ3) is 3.93. The highest BCUT2D eigenvalue weighted by molar-refractivity contribution is 6.31. The van der Waals surface area contributed by atoms with E-state index in [4.69, 9.17) is 16.3 Å². The number of hydrogen-bond donors (Lipinski definition) is 1. The lowest BCUT2D eigenvalue weighted by atomic mass is 9.99. The molecule has 0 aromatic heterocycles. The van der Waals surface area contributed by atoms with Crippen molar-refractivity contribution >= 4 is 17.5 Å². The number of amides is 1. The smallest absolute Gasteiger partial charge is 0.222 e. The van der Waals surface area contributed by atoms with Crippen molar-refractivity contribution < 1.29 is 9.53 Å². The van der Waals surface area contributed by atoms with Crippen LogP contribution in [-0.2, 0) is 11.2 Å². The Morgan fingerprint density at radius 1 is 1.36 bits per heavy atom. The molecule has 1 aliphatic heterocycles. The maximum absolute atomic E-state index is 12.3. The van der Waals surface area contributed by atoms with Gasteiger partial charge in [-0.1, -0.05) is 11.6 Å². The van der Waals surface area contributed by atoms with E-state index in [1.165, 1.54) is 0 Å². The lowest BCUT2D eigenvalue weighted by Crippen LogP contribution is -2.46. The van der Waals surface area contributed by atoms with Gasteiger partial charge in [0.25, 0.3) is 0 Å². The van der Waals surface area contributed by atoms with E-state index in [1.807, 2.05) is 31.7 Å². The van der Waals surface area contributed by atoms with Crippen molar-refractivity contribution in [3.63, 3.8) is 0 Å². The molecule has 1 amide bonds. The van der Waals surface area contributed by atoms with Crippen molar-refractivity contribution in [3.05, 3.63) is 27.8 Å². The second-order valence-electron chi connectivity index (χ2n) is 5.67. The van der Waals surface area contributed by atoms with Gasteiger partial charge in [0.05, 0.1) is 6.61 Å². The van der Waals surface area contributed by atoms with Crippen molar-refractivity contribution in [3.8, 4) is 5.75 Å². The van der Waals surface area contributed by atoms with Crippen LogP contribution in [0.4, 0.5) is 0 Å². The second-order valence-corrected chi connectivity index (χ2v) is 6.08. The summed E-state index contributed by atoms with van der Waals surface area (Å²) in [6.45, 7) is 9.93. The van der Waals surface area contributed by atoms with E-state index in [0.29, 0.717) is 19.4 Å². The molecule has 4 nitrogen and oxygen atoms in total. The molecule has 2 rings (SSSR count). The fourth-order valence-corrected chi connectivity index (χ4v) is 3.14. The normalized spacial score (nSPS) is 15.0. The SMILES string of the molecule is CCOc1c(C)cc(Cl)c(C)c1CCC(=O)N1CCNCC1. The van der Waals surface area contributed by atoms with E-state index in [-0.39, 0.29) is 5.91 Å². The highest BCUT2D eigenvalue weighted by atomic mass is 35.5. The van der Waals surface area contributed by atoms with Gasteiger partial charge in [-0.2, -0.15) is 0 Å². The van der Waals surface area contributed by atoms with E-state index in [9.17, 15) is 4.79 Å². The monoisotopic (exact) mass is 324 g/mol. The fourth-order valence-electron chi connectivity index (χ4n) is 2.87. The summed E-state index contributed by atoms with van der Waals surface area (Å²) in [6, 6.07) is 1.93. The Hall–Kier alpha value is -1.26. The Morgan fingerprint density at radius 2 is 2.05 bits per heavy atom. The molecule has 0 atom stereocenters. The highest BCUT2D eigenvalue weighted by Crippen LogP contribution is 2.33. The maximum atomic E-state index is 12.3. The molecule has 1 saturated heterocycles. The first-order valence-electron chi connectivity index (χ1n) is 7.94. The Morgan fingerprint density at radius 3 is 2.68 bits per heavy atom. The Balaban J connectivity index is 2.12. The predicted molar refractivity (Wildman–Crippen MR) is 89.9 cm³/mol. The summed E-state index contributed by atoms with van der Waals surface area (Å²) in [7, 11) is 0. The average Bonchev–Trinajstić information content (AvgIpc) is 2.52. The zero-order valence-corrected chi connectivity index (χ0v) is 14.4. The number of hydrogen-bond acceptors (Lipinski definition) is 3. The van der Waals surface area contributed by atoms with Gasteiger partial charge in [0.2, 0.25) is 5.91 Å². The Labute approximate surface area is 137 Å². The number of aryl methyl sites for hydroxylation is 1. The van der Waals surface area contributed by atoms with Crippen molar-refractivity contribution in [2.75, 3.05) is 32.8 Å². The summed E-state index contributed by atoms with van der Waals surface area (Å²) < 4.78 is 5.79. The van der Waals surface area contributed by atoms with Crippen LogP contribution in [0.15, 0.2) is 6.07 Å². The Bertz CT molecular complexity index is 540. The van der Waals surface area contributed by atoms with Gasteiger partial charge in [-0.15, -0.1) is 0 Å². The van der Waals surface area contributed by atoms with Crippen LogP contribution >= 0.6 is 11.6 Å². The van der Waals surface area contributed by atoms with E-state index in [0.717, 1.165) is 53.6 Å². The minimum absolute atomic E-state index is 0.209. The molecule has 1 aromatic rings. The highest BCUT2D eigenvalue weighted by Gasteiger charge is 2.19. The van der Waals surface area contributed by atoms with Crippen LogP contribution in [0, 0.1) is 13.8 Å². The van der Waals surface area contributed by atoms with Crippen LogP contribution in [0.3, 0.4) is 0 Å². The van der Waals surface area contributed by atoms with Crippen molar-refractivity contribution in [1.29, 1.82) is 0 Å². The standard InChI is InChI=1S/C17H25ClN2O2/c1-4-22-17-12(2)11-15(18)13(3)14(17)5-6-16(21)20-9-7-19-8-10-20/h11,19H,4-10H2,1-3H3. The zero-order chi connectivity index (χ0) is 16.1. The summed E-state index contributed by atoms with van der Waals surface area (Å²) in [5, 5.41) is 4.00. The van der Waals surface area contributed by atoms with Crippen LogP contribution in [0.2, 0.25) is 5.02 Å². The number of nitrogens with one attached hydrogen (secondary N) is 1. The lowest BCUT2D eigenvalue weighted by Gasteiger charge is -2.27. The number of ether oxygens (including phenoxy) is 1. The van der Waals surface area contributed by atoms with Gasteiger partial charge in [0.15, 0.2) is 0 Å². The van der Waals surface area contributed by atoms with Crippen molar-refractivity contribution in [1.82, 2.24) is 10.2 Å². The predicted octanol–water partition coefficient (Wildman–Crippen LogP) is 2.72. The van der Waals surface area contributed by atoms with Gasteiger partial charge in [0.1, 0.15) is 5.75 Å². The molecule has 0 unspecified atom stereocenters. The van der Waals surface area contributed by atoms with Crippen molar-refractivity contribution in [2.24, 2.45) is 0 Å². The number of halogens is 1. The molecule has 5 heteroatoms. The molecule has 1 heterocycles. The second kappa shape index (κ2) is 7.84. The molecule has 0 spiro atoms. The van der Waals surface area contributed by atoms with Crippen LogP contribution in [-0.4, -0.2) is 43.6 Å². The minimum Gasteiger partial charge on any atom is -0.493 e. The van der Waals surface area contributed by atoms with Gasteiger partial charge < -0.3 is 15.0 Å². The van der Waals surface area contributed by atoms with Crippen LogP contribution in [0.25, 0.3) is 0 Å². The van der Waals surface area contributed by atoms with Gasteiger partial charge >= 0.3 is 0 Å². The van der Waals surface area contributed by atoms with E-state index >= 15 is 0 Å². The fraction of sp³-hybridized carbons (Fsp3) is 0.588. The van der Waals surface area contributed by atoms with Gasteiger partial charge in [-0.05, 0) is 49.9 Å². The number of rotatable bonds is 5. The summed E-state index contributed by atoms with van der Waals surface area (Å²) in [6.07, 6.45) is 1.17. The quantitative estimate of drug-likeness (QED) is 0.905. The summed E-state index contributed by atoms with van der Waals surface area (Å²) in [5.74, 6) is 1.10. The lowest BCUT2D eigenvalue weighted by molar-refractivity contribution is -0.131. The average molecular weight is 325 g/mol. The third-order valence-electron chi connectivity index (χ3n) is 4.13. The van der Waals surface area contributed by atoms with Crippen LogP contribution in [0.1, 0.15) is 30.0 Å². The molecule has 1 aliphatic rings. The molecule has 1 aromatic carbocycles. The van der Waals surface area contributed by atoms with E-state index in [1.54, 1.807) is 0 Å². The zero-order valence-electron chi connectivity index (χ0n) is 13.7. The number of benzene rings is 1. The van der Waals surface area contributed by atoms with Gasteiger partial charge in [0, 0.05) is 37.6 Å². The Kier molecular flexibility index (Phi) is 6.09. The summed E-state index contributed by atoms with van der Waals surface area (Å²) in [5.41, 5.74) is 3.11. The molecule has 0 saturated carbocycles. The molecule has 0 aliphatic carbocycles. The molecular weight excluding hydrogens is 300 g/mol. The first kappa shape index (κ1) is 17.1. The van der Waals surface area contributed by atoms with Crippen LogP contribution < -0.4 is 10.1 Å². The van der Waals surface area contributed by atoms with Crippen LogP contribution in [0.5, 0.6) is 5.75 Å². The number of carbonyl (C=O) groups is 1. The van der Waals surface area contributed by atoms with E-state index < -0.39 is 0 Å².